The third kappa shape index (κ3) is 7.54. The molecule has 238 valence electrons. The Morgan fingerprint density at radius 2 is 1.00 bits per heavy atom. The summed E-state index contributed by atoms with van der Waals surface area (Å²) >= 11 is 0. The molecule has 2 aliphatic rings. The molecule has 4 amide bonds. The molecule has 2 fully saturated rings. The number of nitrogens with zero attached hydrogens (tertiary/aromatic N) is 8. The summed E-state index contributed by atoms with van der Waals surface area (Å²) in [5, 5.41) is 0. The molecular weight excluding hydrogens is 595 g/mol. The highest BCUT2D eigenvalue weighted by Gasteiger charge is 2.43. The van der Waals surface area contributed by atoms with Gasteiger partial charge in [0.05, 0.1) is 35.3 Å². The zero-order valence-electron chi connectivity index (χ0n) is 27.2. The van der Waals surface area contributed by atoms with Crippen LogP contribution in [0.1, 0.15) is 49.9 Å². The van der Waals surface area contributed by atoms with Crippen molar-refractivity contribution in [3.8, 4) is 23.7 Å². The van der Waals surface area contributed by atoms with Crippen LogP contribution in [0, 0.1) is 29.5 Å². The molecule has 2 aromatic heterocycles. The Labute approximate surface area is 274 Å². The summed E-state index contributed by atoms with van der Waals surface area (Å²) in [6, 6.07) is 15.6. The lowest BCUT2D eigenvalue weighted by molar-refractivity contribution is 0.197. The van der Waals surface area contributed by atoms with Crippen molar-refractivity contribution in [3.63, 3.8) is 0 Å². The lowest BCUT2D eigenvalue weighted by Crippen LogP contribution is -2.38. The molecule has 0 atom stereocenters. The second kappa shape index (κ2) is 13.3. The molecule has 4 heterocycles. The van der Waals surface area contributed by atoms with E-state index < -0.39 is 0 Å². The van der Waals surface area contributed by atoms with Crippen molar-refractivity contribution in [2.75, 3.05) is 37.0 Å². The minimum Gasteiger partial charge on any atom is -0.320 e. The van der Waals surface area contributed by atoms with E-state index in [0.717, 1.165) is 11.1 Å². The quantitative estimate of drug-likeness (QED) is 0.283. The van der Waals surface area contributed by atoms with Gasteiger partial charge in [-0.2, -0.15) is 0 Å². The van der Waals surface area contributed by atoms with Gasteiger partial charge in [0.25, 0.3) is 0 Å². The Balaban J connectivity index is 0.000000185. The smallest absolute Gasteiger partial charge is 0.320 e. The second-order valence-corrected chi connectivity index (χ2v) is 12.4. The van der Waals surface area contributed by atoms with Crippen LogP contribution in [-0.2, 0) is 0 Å². The highest BCUT2D eigenvalue weighted by Crippen LogP contribution is 2.27. The van der Waals surface area contributed by atoms with Crippen molar-refractivity contribution in [1.29, 1.82) is 0 Å². The maximum Gasteiger partial charge on any atom is 0.327 e. The number of halogens is 1. The lowest BCUT2D eigenvalue weighted by atomic mass is 10.1. The SMILES string of the molecule is CN1C(=O)N(c2ncc(C#Cc3cccc(F)c3)cn2)CC1(C)C.CN1C(=O)N(c2ncc(C#Cc3ccccc3)cn2)CC1(C)C. The average molecular weight is 631 g/mol. The number of carbonyl (C=O) groups is 2. The number of amides is 4. The number of carbonyl (C=O) groups excluding carboxylic acids is 2. The molecule has 0 radical (unpaired) electrons. The first-order valence-electron chi connectivity index (χ1n) is 14.9. The van der Waals surface area contributed by atoms with E-state index in [0.29, 0.717) is 36.1 Å². The first-order chi connectivity index (χ1) is 22.3. The van der Waals surface area contributed by atoms with Gasteiger partial charge in [0, 0.05) is 50.0 Å². The summed E-state index contributed by atoms with van der Waals surface area (Å²) in [4.78, 5) is 48.1. The molecule has 0 aliphatic carbocycles. The Morgan fingerprint density at radius 1 is 0.596 bits per heavy atom. The summed E-state index contributed by atoms with van der Waals surface area (Å²) < 4.78 is 13.1. The number of likely N-dealkylation sites (N-methyl/N-ethyl adjacent to an activating group) is 2. The summed E-state index contributed by atoms with van der Waals surface area (Å²) in [5.41, 5.74) is 2.34. The normalized spacial score (nSPS) is 16.1. The predicted molar refractivity (Wildman–Crippen MR) is 178 cm³/mol. The van der Waals surface area contributed by atoms with Crippen LogP contribution in [-0.4, -0.2) is 80.1 Å². The van der Waals surface area contributed by atoms with Crippen molar-refractivity contribution in [3.05, 3.63) is 107 Å². The average Bonchev–Trinajstić information content (AvgIpc) is 3.41. The first kappa shape index (κ1) is 32.6. The summed E-state index contributed by atoms with van der Waals surface area (Å²) in [5.74, 6) is 12.3. The van der Waals surface area contributed by atoms with Gasteiger partial charge in [-0.25, -0.2) is 33.9 Å². The van der Waals surface area contributed by atoms with Gasteiger partial charge in [0.2, 0.25) is 11.9 Å². The van der Waals surface area contributed by atoms with Crippen LogP contribution in [0.3, 0.4) is 0 Å². The molecule has 0 unspecified atom stereocenters. The van der Waals surface area contributed by atoms with E-state index in [1.165, 1.54) is 12.1 Å². The van der Waals surface area contributed by atoms with E-state index >= 15 is 0 Å². The summed E-state index contributed by atoms with van der Waals surface area (Å²) in [7, 11) is 3.56. The maximum atomic E-state index is 13.1. The van der Waals surface area contributed by atoms with Crippen molar-refractivity contribution >= 4 is 24.0 Å². The van der Waals surface area contributed by atoms with Crippen LogP contribution in [0.25, 0.3) is 0 Å². The van der Waals surface area contributed by atoms with Gasteiger partial charge in [-0.1, -0.05) is 47.9 Å². The topological polar surface area (TPSA) is 98.7 Å². The van der Waals surface area contributed by atoms with Crippen LogP contribution in [0.15, 0.2) is 79.4 Å². The van der Waals surface area contributed by atoms with E-state index in [1.807, 2.05) is 58.0 Å². The lowest BCUT2D eigenvalue weighted by Gasteiger charge is -2.24. The van der Waals surface area contributed by atoms with E-state index in [4.69, 9.17) is 0 Å². The molecular formula is C36H35FN8O2. The predicted octanol–water partition coefficient (Wildman–Crippen LogP) is 5.19. The zero-order valence-corrected chi connectivity index (χ0v) is 27.2. The largest absolute Gasteiger partial charge is 0.327 e. The van der Waals surface area contributed by atoms with Crippen LogP contribution in [0.2, 0.25) is 0 Å². The van der Waals surface area contributed by atoms with Crippen LogP contribution in [0.5, 0.6) is 0 Å². The highest BCUT2D eigenvalue weighted by atomic mass is 19.1. The van der Waals surface area contributed by atoms with Crippen LogP contribution < -0.4 is 9.80 Å². The van der Waals surface area contributed by atoms with E-state index in [1.54, 1.807) is 70.6 Å². The van der Waals surface area contributed by atoms with Crippen molar-refractivity contribution in [2.24, 2.45) is 0 Å². The molecule has 47 heavy (non-hydrogen) atoms. The Kier molecular flexibility index (Phi) is 9.20. The van der Waals surface area contributed by atoms with Crippen molar-refractivity contribution in [1.82, 2.24) is 29.7 Å². The Bertz CT molecular complexity index is 1890. The van der Waals surface area contributed by atoms with Crippen molar-refractivity contribution in [2.45, 2.75) is 38.8 Å². The Hall–Kier alpha value is -5.81. The zero-order chi connectivity index (χ0) is 33.8. The molecule has 0 spiro atoms. The number of hydrogen-bond acceptors (Lipinski definition) is 6. The van der Waals surface area contributed by atoms with Gasteiger partial charge in [0.1, 0.15) is 5.82 Å². The minimum atomic E-state index is -0.326. The molecule has 2 saturated heterocycles. The van der Waals surface area contributed by atoms with E-state index in [9.17, 15) is 14.0 Å². The number of aromatic nitrogens is 4. The molecule has 0 bridgehead atoms. The fourth-order valence-electron chi connectivity index (χ4n) is 4.74. The fraction of sp³-hybridized carbons (Fsp3) is 0.278. The highest BCUT2D eigenvalue weighted by molar-refractivity contribution is 5.94. The number of benzene rings is 2. The molecule has 10 nitrogen and oxygen atoms in total. The van der Waals surface area contributed by atoms with E-state index in [-0.39, 0.29) is 29.0 Å². The monoisotopic (exact) mass is 630 g/mol. The number of rotatable bonds is 2. The molecule has 6 rings (SSSR count). The van der Waals surface area contributed by atoms with Gasteiger partial charge in [-0.3, -0.25) is 9.80 Å². The van der Waals surface area contributed by atoms with Gasteiger partial charge in [0.15, 0.2) is 0 Å². The molecule has 4 aromatic rings. The van der Waals surface area contributed by atoms with Crippen molar-refractivity contribution < 1.29 is 14.0 Å². The Morgan fingerprint density at radius 3 is 1.40 bits per heavy atom. The third-order valence-corrected chi connectivity index (χ3v) is 8.00. The van der Waals surface area contributed by atoms with Gasteiger partial charge in [-0.05, 0) is 58.0 Å². The second-order valence-electron chi connectivity index (χ2n) is 12.4. The summed E-state index contributed by atoms with van der Waals surface area (Å²) in [6.45, 7) is 9.11. The fourth-order valence-corrected chi connectivity index (χ4v) is 4.74. The van der Waals surface area contributed by atoms with E-state index in [2.05, 4.69) is 43.6 Å². The van der Waals surface area contributed by atoms with Crippen LogP contribution >= 0.6 is 0 Å². The molecule has 0 saturated carbocycles. The molecule has 2 aliphatic heterocycles. The number of hydrogen-bond donors (Lipinski definition) is 0. The molecule has 11 heteroatoms. The molecule has 2 aromatic carbocycles. The minimum absolute atomic E-state index is 0.0851. The van der Waals surface area contributed by atoms with Gasteiger partial charge < -0.3 is 9.80 Å². The van der Waals surface area contributed by atoms with Gasteiger partial charge in [-0.15, -0.1) is 0 Å². The summed E-state index contributed by atoms with van der Waals surface area (Å²) in [6.07, 6.45) is 6.42. The maximum absolute atomic E-state index is 13.1. The number of urea groups is 2. The first-order valence-corrected chi connectivity index (χ1v) is 14.9. The van der Waals surface area contributed by atoms with Gasteiger partial charge >= 0.3 is 12.1 Å². The number of anilines is 2. The molecule has 0 N–H and O–H groups in total. The third-order valence-electron chi connectivity index (χ3n) is 8.00. The van der Waals surface area contributed by atoms with Crippen LogP contribution in [0.4, 0.5) is 25.9 Å². The standard InChI is InChI=1S/C18H17FN4O.C18H18N4O/c1-18(2)12-23(17(24)22(18)3)16-20-10-14(11-21-16)8-7-13-5-4-6-15(19)9-13;1-18(2)13-22(17(23)21(18)3)16-19-11-15(12-20-16)10-9-14-7-5-4-6-8-14/h4-6,9-11H,12H2,1-3H3;4-8,11-12H,13H2,1-3H3.